The summed E-state index contributed by atoms with van der Waals surface area (Å²) in [6.07, 6.45) is 0. The maximum absolute atomic E-state index is 13.0. The second kappa shape index (κ2) is 5.79. The van der Waals surface area contributed by atoms with Crippen LogP contribution >= 0.6 is 11.6 Å². The van der Waals surface area contributed by atoms with Gasteiger partial charge in [0.1, 0.15) is 12.4 Å². The van der Waals surface area contributed by atoms with E-state index in [-0.39, 0.29) is 22.9 Å². The molecule has 0 saturated carbocycles. The average molecular weight is 295 g/mol. The van der Waals surface area contributed by atoms with Crippen molar-refractivity contribution in [2.24, 2.45) is 5.73 Å². The van der Waals surface area contributed by atoms with Gasteiger partial charge in [0, 0.05) is 0 Å². The van der Waals surface area contributed by atoms with Crippen LogP contribution in [0.3, 0.4) is 0 Å². The summed E-state index contributed by atoms with van der Waals surface area (Å²) in [6.45, 7) is 0.0918. The summed E-state index contributed by atoms with van der Waals surface area (Å²) in [7, 11) is 0. The molecule has 0 radical (unpaired) electrons. The number of anilines is 1. The van der Waals surface area contributed by atoms with Gasteiger partial charge in [-0.3, -0.25) is 4.79 Å². The predicted molar refractivity (Wildman–Crippen MR) is 75.1 cm³/mol. The first-order valence-electron chi connectivity index (χ1n) is 5.74. The highest BCUT2D eigenvalue weighted by Gasteiger charge is 2.12. The number of ether oxygens (including phenoxy) is 1. The first-order chi connectivity index (χ1) is 9.49. The normalized spacial score (nSPS) is 10.3. The molecule has 20 heavy (non-hydrogen) atoms. The molecule has 2 aromatic carbocycles. The van der Waals surface area contributed by atoms with Crippen LogP contribution in [0.2, 0.25) is 5.02 Å². The fourth-order valence-corrected chi connectivity index (χ4v) is 1.90. The molecule has 0 aliphatic carbocycles. The molecule has 1 amide bonds. The number of hydrogen-bond acceptors (Lipinski definition) is 3. The van der Waals surface area contributed by atoms with Crippen LogP contribution < -0.4 is 16.2 Å². The second-order valence-electron chi connectivity index (χ2n) is 4.13. The fourth-order valence-electron chi connectivity index (χ4n) is 1.69. The standard InChI is InChI=1S/C14H12ClFN2O2/c15-10-6-8(4-5-11(10)16)7-20-13-9(14(18)19)2-1-3-12(13)17/h1-6H,7,17H2,(H2,18,19). The molecule has 104 valence electrons. The largest absolute Gasteiger partial charge is 0.486 e. The van der Waals surface area contributed by atoms with Crippen molar-refractivity contribution in [3.8, 4) is 5.75 Å². The van der Waals surface area contributed by atoms with E-state index in [2.05, 4.69) is 0 Å². The van der Waals surface area contributed by atoms with Gasteiger partial charge in [-0.05, 0) is 29.8 Å². The van der Waals surface area contributed by atoms with Crippen molar-refractivity contribution in [1.29, 1.82) is 0 Å². The first kappa shape index (κ1) is 14.1. The number of benzene rings is 2. The number of nitrogens with two attached hydrogens (primary N) is 2. The highest BCUT2D eigenvalue weighted by molar-refractivity contribution is 6.30. The molecular weight excluding hydrogens is 283 g/mol. The number of amides is 1. The van der Waals surface area contributed by atoms with Crippen molar-refractivity contribution >= 4 is 23.2 Å². The second-order valence-corrected chi connectivity index (χ2v) is 4.53. The molecule has 0 fully saturated rings. The molecule has 4 N–H and O–H groups in total. The third-order valence-electron chi connectivity index (χ3n) is 2.68. The van der Waals surface area contributed by atoms with Crippen molar-refractivity contribution in [2.45, 2.75) is 6.61 Å². The smallest absolute Gasteiger partial charge is 0.252 e. The van der Waals surface area contributed by atoms with Crippen molar-refractivity contribution in [3.63, 3.8) is 0 Å². The van der Waals surface area contributed by atoms with Crippen LogP contribution in [0.5, 0.6) is 5.75 Å². The minimum absolute atomic E-state index is 0.00209. The summed E-state index contributed by atoms with van der Waals surface area (Å²) in [5.74, 6) is -0.933. The van der Waals surface area contributed by atoms with Gasteiger partial charge in [-0.15, -0.1) is 0 Å². The Balaban J connectivity index is 2.22. The van der Waals surface area contributed by atoms with Gasteiger partial charge in [-0.2, -0.15) is 0 Å². The Morgan fingerprint density at radius 2 is 2.05 bits per heavy atom. The molecule has 0 heterocycles. The number of nitrogen functional groups attached to an aromatic ring is 1. The number of rotatable bonds is 4. The molecule has 0 spiro atoms. The van der Waals surface area contributed by atoms with Crippen LogP contribution in [0.25, 0.3) is 0 Å². The van der Waals surface area contributed by atoms with Gasteiger partial charge >= 0.3 is 0 Å². The monoisotopic (exact) mass is 294 g/mol. The minimum Gasteiger partial charge on any atom is -0.486 e. The van der Waals surface area contributed by atoms with Gasteiger partial charge in [0.25, 0.3) is 5.91 Å². The minimum atomic E-state index is -0.635. The zero-order valence-corrected chi connectivity index (χ0v) is 11.2. The van der Waals surface area contributed by atoms with E-state index >= 15 is 0 Å². The average Bonchev–Trinajstić information content (AvgIpc) is 2.40. The molecule has 0 bridgehead atoms. The van der Waals surface area contributed by atoms with E-state index in [0.717, 1.165) is 0 Å². The van der Waals surface area contributed by atoms with E-state index in [0.29, 0.717) is 11.3 Å². The molecule has 0 aliphatic heterocycles. The highest BCUT2D eigenvalue weighted by Crippen LogP contribution is 2.27. The maximum Gasteiger partial charge on any atom is 0.252 e. The van der Waals surface area contributed by atoms with Crippen LogP contribution in [0.4, 0.5) is 10.1 Å². The number of hydrogen-bond donors (Lipinski definition) is 2. The fraction of sp³-hybridized carbons (Fsp3) is 0.0714. The SMILES string of the molecule is NC(=O)c1cccc(N)c1OCc1ccc(F)c(Cl)c1. The molecule has 2 rings (SSSR count). The Morgan fingerprint density at radius 3 is 2.70 bits per heavy atom. The molecular formula is C14H12ClFN2O2. The Hall–Kier alpha value is -2.27. The lowest BCUT2D eigenvalue weighted by molar-refractivity contribution is 0.0996. The third kappa shape index (κ3) is 3.00. The van der Waals surface area contributed by atoms with E-state index in [1.807, 2.05) is 0 Å². The van der Waals surface area contributed by atoms with Crippen molar-refractivity contribution in [1.82, 2.24) is 0 Å². The quantitative estimate of drug-likeness (QED) is 0.851. The number of carbonyl (C=O) groups excluding carboxylic acids is 1. The van der Waals surface area contributed by atoms with Crippen LogP contribution in [-0.4, -0.2) is 5.91 Å². The topological polar surface area (TPSA) is 78.3 Å². The summed E-state index contributed by atoms with van der Waals surface area (Å²) >= 11 is 5.68. The summed E-state index contributed by atoms with van der Waals surface area (Å²) in [5.41, 5.74) is 12.2. The lowest BCUT2D eigenvalue weighted by Crippen LogP contribution is -2.14. The number of primary amides is 1. The molecule has 0 atom stereocenters. The third-order valence-corrected chi connectivity index (χ3v) is 2.97. The zero-order chi connectivity index (χ0) is 14.7. The first-order valence-corrected chi connectivity index (χ1v) is 6.12. The van der Waals surface area contributed by atoms with Crippen LogP contribution in [-0.2, 0) is 6.61 Å². The van der Waals surface area contributed by atoms with Crippen molar-refractivity contribution in [3.05, 3.63) is 58.4 Å². The summed E-state index contributed by atoms with van der Waals surface area (Å²) in [4.78, 5) is 11.3. The molecule has 4 nitrogen and oxygen atoms in total. The Bertz CT molecular complexity index is 662. The Morgan fingerprint density at radius 1 is 1.30 bits per heavy atom. The van der Waals surface area contributed by atoms with E-state index in [1.165, 1.54) is 24.3 Å². The van der Waals surface area contributed by atoms with Gasteiger partial charge in [0.2, 0.25) is 0 Å². The highest BCUT2D eigenvalue weighted by atomic mass is 35.5. The summed E-state index contributed by atoms with van der Waals surface area (Å²) in [5, 5.41) is 0.00209. The Labute approximate surface area is 120 Å². The van der Waals surface area contributed by atoms with Gasteiger partial charge in [0.05, 0.1) is 16.3 Å². The van der Waals surface area contributed by atoms with E-state index in [4.69, 9.17) is 27.8 Å². The van der Waals surface area contributed by atoms with Crippen molar-refractivity contribution < 1.29 is 13.9 Å². The maximum atomic E-state index is 13.0. The molecule has 0 saturated heterocycles. The van der Waals surface area contributed by atoms with Crippen LogP contribution in [0, 0.1) is 5.82 Å². The lowest BCUT2D eigenvalue weighted by Gasteiger charge is -2.12. The number of carbonyl (C=O) groups is 1. The van der Waals surface area contributed by atoms with E-state index < -0.39 is 11.7 Å². The molecule has 6 heteroatoms. The zero-order valence-electron chi connectivity index (χ0n) is 10.4. The van der Waals surface area contributed by atoms with Crippen molar-refractivity contribution in [2.75, 3.05) is 5.73 Å². The number of para-hydroxylation sites is 1. The van der Waals surface area contributed by atoms with Crippen LogP contribution in [0.15, 0.2) is 36.4 Å². The van der Waals surface area contributed by atoms with Gasteiger partial charge in [-0.1, -0.05) is 23.7 Å². The number of halogens is 2. The summed E-state index contributed by atoms with van der Waals surface area (Å²) < 4.78 is 18.5. The van der Waals surface area contributed by atoms with E-state index in [1.54, 1.807) is 12.1 Å². The molecule has 0 aliphatic rings. The molecule has 2 aromatic rings. The lowest BCUT2D eigenvalue weighted by atomic mass is 10.1. The van der Waals surface area contributed by atoms with Gasteiger partial charge < -0.3 is 16.2 Å². The molecule has 0 unspecified atom stereocenters. The summed E-state index contributed by atoms with van der Waals surface area (Å²) in [6, 6.07) is 8.94. The molecule has 0 aromatic heterocycles. The van der Waals surface area contributed by atoms with Crippen LogP contribution in [0.1, 0.15) is 15.9 Å². The predicted octanol–water partition coefficient (Wildman–Crippen LogP) is 2.74. The van der Waals surface area contributed by atoms with Gasteiger partial charge in [0.15, 0.2) is 5.75 Å². The Kier molecular flexibility index (Phi) is 4.10. The van der Waals surface area contributed by atoms with E-state index in [9.17, 15) is 9.18 Å². The van der Waals surface area contributed by atoms with Gasteiger partial charge in [-0.25, -0.2) is 4.39 Å².